The van der Waals surface area contributed by atoms with Gasteiger partial charge in [-0.3, -0.25) is 10.1 Å². The third kappa shape index (κ3) is 4.72. The lowest BCUT2D eigenvalue weighted by Crippen LogP contribution is -2.19. The summed E-state index contributed by atoms with van der Waals surface area (Å²) >= 11 is 0. The number of aryl methyl sites for hydroxylation is 1. The number of nitro benzene ring substituents is 1. The molecule has 0 saturated carbocycles. The lowest BCUT2D eigenvalue weighted by molar-refractivity contribution is -0.384. The van der Waals surface area contributed by atoms with Crippen LogP contribution in [0.4, 0.5) is 33.2 Å². The molecule has 172 valence electrons. The number of nitrogens with zero attached hydrogens (tertiary/aromatic N) is 2. The number of anilines is 4. The van der Waals surface area contributed by atoms with Gasteiger partial charge in [0.1, 0.15) is 0 Å². The molecule has 5 aromatic rings. The van der Waals surface area contributed by atoms with Crippen molar-refractivity contribution >= 4 is 56.3 Å². The minimum Gasteiger partial charge on any atom is -0.354 e. The van der Waals surface area contributed by atoms with Crippen molar-refractivity contribution in [2.75, 3.05) is 16.0 Å². The summed E-state index contributed by atoms with van der Waals surface area (Å²) in [5, 5.41) is 22.0. The Morgan fingerprint density at radius 1 is 0.771 bits per heavy atom. The fourth-order valence-corrected chi connectivity index (χ4v) is 3.93. The molecule has 0 bridgehead atoms. The number of pyridine rings is 1. The Morgan fingerprint density at radius 2 is 1.49 bits per heavy atom. The number of nitrogens with one attached hydrogen (secondary N) is 3. The Labute approximate surface area is 200 Å². The monoisotopic (exact) mass is 463 g/mol. The maximum Gasteiger partial charge on any atom is 0.323 e. The lowest BCUT2D eigenvalue weighted by Gasteiger charge is -2.14. The normalized spacial score (nSPS) is 10.8. The number of rotatable bonds is 5. The summed E-state index contributed by atoms with van der Waals surface area (Å²) in [7, 11) is 0. The van der Waals surface area contributed by atoms with Gasteiger partial charge in [-0.15, -0.1) is 0 Å². The van der Waals surface area contributed by atoms with Gasteiger partial charge in [0.2, 0.25) is 0 Å². The van der Waals surface area contributed by atoms with Crippen LogP contribution < -0.4 is 16.0 Å². The second kappa shape index (κ2) is 9.11. The smallest absolute Gasteiger partial charge is 0.323 e. The summed E-state index contributed by atoms with van der Waals surface area (Å²) in [6.07, 6.45) is 0. The van der Waals surface area contributed by atoms with Crippen molar-refractivity contribution in [3.05, 3.63) is 107 Å². The van der Waals surface area contributed by atoms with Gasteiger partial charge in [-0.05, 0) is 61.0 Å². The van der Waals surface area contributed by atoms with Crippen LogP contribution in [0.25, 0.3) is 21.8 Å². The van der Waals surface area contributed by atoms with Crippen molar-refractivity contribution in [1.29, 1.82) is 0 Å². The number of carbonyl (C=O) groups is 1. The van der Waals surface area contributed by atoms with Gasteiger partial charge in [0.15, 0.2) is 0 Å². The molecule has 5 rings (SSSR count). The highest BCUT2D eigenvalue weighted by Gasteiger charge is 2.13. The van der Waals surface area contributed by atoms with Gasteiger partial charge in [0.05, 0.1) is 21.6 Å². The van der Waals surface area contributed by atoms with Crippen LogP contribution >= 0.6 is 0 Å². The van der Waals surface area contributed by atoms with E-state index in [0.717, 1.165) is 38.9 Å². The molecule has 4 aromatic carbocycles. The predicted octanol–water partition coefficient (Wildman–Crippen LogP) is 6.99. The van der Waals surface area contributed by atoms with Gasteiger partial charge < -0.3 is 16.0 Å². The maximum atomic E-state index is 12.3. The first-order valence-corrected chi connectivity index (χ1v) is 10.9. The number of non-ortho nitro benzene ring substituents is 1. The maximum absolute atomic E-state index is 12.3. The second-order valence-electron chi connectivity index (χ2n) is 8.11. The summed E-state index contributed by atoms with van der Waals surface area (Å²) in [6, 6.07) is 26.9. The van der Waals surface area contributed by atoms with Gasteiger partial charge in [-0.1, -0.05) is 30.3 Å². The largest absolute Gasteiger partial charge is 0.354 e. The zero-order valence-corrected chi connectivity index (χ0v) is 18.8. The van der Waals surface area contributed by atoms with E-state index in [-0.39, 0.29) is 11.7 Å². The third-order valence-corrected chi connectivity index (χ3v) is 5.56. The van der Waals surface area contributed by atoms with Crippen molar-refractivity contribution in [3.63, 3.8) is 0 Å². The second-order valence-corrected chi connectivity index (χ2v) is 8.11. The number of fused-ring (bicyclic) bond motifs is 2. The topological polar surface area (TPSA) is 109 Å². The highest BCUT2D eigenvalue weighted by atomic mass is 16.6. The van der Waals surface area contributed by atoms with E-state index in [2.05, 4.69) is 20.9 Å². The Hall–Kier alpha value is -4.98. The molecule has 0 spiro atoms. The van der Waals surface area contributed by atoms with Crippen LogP contribution in [0, 0.1) is 17.0 Å². The Morgan fingerprint density at radius 3 is 2.26 bits per heavy atom. The summed E-state index contributed by atoms with van der Waals surface area (Å²) < 4.78 is 0. The molecule has 35 heavy (non-hydrogen) atoms. The van der Waals surface area contributed by atoms with Crippen molar-refractivity contribution in [3.8, 4) is 0 Å². The molecule has 1 heterocycles. The van der Waals surface area contributed by atoms with E-state index in [1.54, 1.807) is 18.2 Å². The molecule has 0 radical (unpaired) electrons. The van der Waals surface area contributed by atoms with E-state index in [1.165, 1.54) is 12.1 Å². The predicted molar refractivity (Wildman–Crippen MR) is 139 cm³/mol. The third-order valence-electron chi connectivity index (χ3n) is 5.56. The van der Waals surface area contributed by atoms with E-state index in [9.17, 15) is 14.9 Å². The molecular formula is C27H21N5O3. The van der Waals surface area contributed by atoms with E-state index in [4.69, 9.17) is 0 Å². The van der Waals surface area contributed by atoms with Crippen LogP contribution in [0.15, 0.2) is 91.0 Å². The zero-order chi connectivity index (χ0) is 24.4. The molecule has 0 aliphatic heterocycles. The van der Waals surface area contributed by atoms with E-state index in [0.29, 0.717) is 11.2 Å². The quantitative estimate of drug-likeness (QED) is 0.148. The van der Waals surface area contributed by atoms with Gasteiger partial charge in [-0.25, -0.2) is 9.78 Å². The number of benzene rings is 4. The molecule has 0 aliphatic rings. The summed E-state index contributed by atoms with van der Waals surface area (Å²) in [6.45, 7) is 1.96. The first kappa shape index (κ1) is 21.8. The minimum atomic E-state index is -0.426. The Balaban J connectivity index is 1.40. The molecule has 0 saturated heterocycles. The molecule has 0 aliphatic carbocycles. The van der Waals surface area contributed by atoms with Crippen molar-refractivity contribution in [2.24, 2.45) is 0 Å². The first-order chi connectivity index (χ1) is 17.0. The molecule has 3 N–H and O–H groups in total. The van der Waals surface area contributed by atoms with Crippen LogP contribution in [-0.4, -0.2) is 15.9 Å². The highest BCUT2D eigenvalue weighted by molar-refractivity contribution is 6.09. The van der Waals surface area contributed by atoms with Crippen molar-refractivity contribution in [2.45, 2.75) is 6.92 Å². The molecule has 0 unspecified atom stereocenters. The molecule has 8 heteroatoms. The fourth-order valence-electron chi connectivity index (χ4n) is 3.93. The number of aromatic nitrogens is 1. The van der Waals surface area contributed by atoms with Crippen molar-refractivity contribution in [1.82, 2.24) is 4.98 Å². The van der Waals surface area contributed by atoms with Crippen LogP contribution in [0.3, 0.4) is 0 Å². The minimum absolute atomic E-state index is 0.00871. The Bertz CT molecular complexity index is 1580. The number of hydrogen-bond donors (Lipinski definition) is 3. The van der Waals surface area contributed by atoms with E-state index >= 15 is 0 Å². The molecule has 0 fully saturated rings. The standard InChI is InChI=1S/C27H21N5O3/c1-17-5-4-6-20(15-17)30-27(33)29-19-11-9-18(10-12-19)28-26-22-7-2-3-8-24(22)31-25-16-21(32(34)35)13-14-23(25)26/h2-16H,1H3,(H,28,31)(H2,29,30,33). The molecule has 8 nitrogen and oxygen atoms in total. The van der Waals surface area contributed by atoms with Crippen LogP contribution in [0.1, 0.15) is 5.56 Å². The van der Waals surface area contributed by atoms with Crippen LogP contribution in [-0.2, 0) is 0 Å². The van der Waals surface area contributed by atoms with Gasteiger partial charge in [0, 0.05) is 40.0 Å². The number of hydrogen-bond acceptors (Lipinski definition) is 5. The first-order valence-electron chi connectivity index (χ1n) is 10.9. The lowest BCUT2D eigenvalue weighted by atomic mass is 10.1. The average molecular weight is 463 g/mol. The number of nitro groups is 1. The number of para-hydroxylation sites is 1. The van der Waals surface area contributed by atoms with E-state index < -0.39 is 4.92 Å². The van der Waals surface area contributed by atoms with Crippen LogP contribution in [0.5, 0.6) is 0 Å². The van der Waals surface area contributed by atoms with Crippen molar-refractivity contribution < 1.29 is 9.72 Å². The highest BCUT2D eigenvalue weighted by Crippen LogP contribution is 2.34. The molecule has 2 amide bonds. The van der Waals surface area contributed by atoms with Gasteiger partial charge in [-0.2, -0.15) is 0 Å². The Kier molecular flexibility index (Phi) is 5.68. The fraction of sp³-hybridized carbons (Fsp3) is 0.0370. The van der Waals surface area contributed by atoms with Gasteiger partial charge >= 0.3 is 6.03 Å². The van der Waals surface area contributed by atoms with Gasteiger partial charge in [0.25, 0.3) is 5.69 Å². The summed E-state index contributed by atoms with van der Waals surface area (Å²) in [5.74, 6) is 0. The number of carbonyl (C=O) groups excluding carboxylic acids is 1. The molecule has 0 atom stereocenters. The SMILES string of the molecule is Cc1cccc(NC(=O)Nc2ccc(Nc3c4ccccc4nc4cc([N+](=O)[O-])ccc34)cc2)c1. The summed E-state index contributed by atoms with van der Waals surface area (Å²) in [4.78, 5) is 27.8. The van der Waals surface area contributed by atoms with E-state index in [1.807, 2.05) is 67.6 Å². The molecule has 1 aromatic heterocycles. The zero-order valence-electron chi connectivity index (χ0n) is 18.8. The van der Waals surface area contributed by atoms with Crippen LogP contribution in [0.2, 0.25) is 0 Å². The molecular weight excluding hydrogens is 442 g/mol. The summed E-state index contributed by atoms with van der Waals surface area (Å²) in [5.41, 5.74) is 5.28. The average Bonchev–Trinajstić information content (AvgIpc) is 2.84. The number of amides is 2. The number of urea groups is 1.